The zero-order chi connectivity index (χ0) is 15.9. The highest BCUT2D eigenvalue weighted by Gasteiger charge is 2.09. The Morgan fingerprint density at radius 1 is 1.41 bits per heavy atom. The fourth-order valence-electron chi connectivity index (χ4n) is 1.99. The van der Waals surface area contributed by atoms with Crippen LogP contribution in [0.5, 0.6) is 11.5 Å². The van der Waals surface area contributed by atoms with Crippen molar-refractivity contribution in [1.82, 2.24) is 9.66 Å². The number of imidazole rings is 1. The number of benzene rings is 1. The van der Waals surface area contributed by atoms with E-state index in [4.69, 9.17) is 15.2 Å². The lowest BCUT2D eigenvalue weighted by atomic mass is 10.2. The molecule has 0 fully saturated rings. The standard InChI is InChI=1S/C16H22N4O2/c1-4-5-9-22-15-13(7-6-8-14(15)21-3)10-18-20-11-12(2)19-16(20)17/h6-8,10-11H,4-5,9H2,1-3H3,(H2,17,19). The molecular weight excluding hydrogens is 280 g/mol. The van der Waals surface area contributed by atoms with Crippen LogP contribution in [0.25, 0.3) is 0 Å². The smallest absolute Gasteiger partial charge is 0.221 e. The predicted molar refractivity (Wildman–Crippen MR) is 87.8 cm³/mol. The van der Waals surface area contributed by atoms with Gasteiger partial charge in [-0.3, -0.25) is 0 Å². The van der Waals surface area contributed by atoms with Crippen molar-refractivity contribution < 1.29 is 9.47 Å². The van der Waals surface area contributed by atoms with Gasteiger partial charge in [-0.25, -0.2) is 9.66 Å². The van der Waals surface area contributed by atoms with E-state index < -0.39 is 0 Å². The van der Waals surface area contributed by atoms with Crippen LogP contribution in [-0.4, -0.2) is 29.6 Å². The number of aromatic nitrogens is 2. The van der Waals surface area contributed by atoms with E-state index in [9.17, 15) is 0 Å². The lowest BCUT2D eigenvalue weighted by Crippen LogP contribution is -2.03. The molecular formula is C16H22N4O2. The number of anilines is 1. The zero-order valence-electron chi connectivity index (χ0n) is 13.2. The van der Waals surface area contributed by atoms with E-state index in [0.29, 0.717) is 24.1 Å². The third-order valence-corrected chi connectivity index (χ3v) is 3.13. The normalized spacial score (nSPS) is 11.0. The summed E-state index contributed by atoms with van der Waals surface area (Å²) >= 11 is 0. The number of methoxy groups -OCH3 is 1. The van der Waals surface area contributed by atoms with Gasteiger partial charge in [-0.2, -0.15) is 5.10 Å². The minimum absolute atomic E-state index is 0.352. The highest BCUT2D eigenvalue weighted by atomic mass is 16.5. The number of nitrogens with two attached hydrogens (primary N) is 1. The zero-order valence-corrected chi connectivity index (χ0v) is 13.2. The van der Waals surface area contributed by atoms with Crippen LogP contribution >= 0.6 is 0 Å². The second-order valence-electron chi connectivity index (χ2n) is 4.91. The summed E-state index contributed by atoms with van der Waals surface area (Å²) in [5.74, 6) is 1.73. The summed E-state index contributed by atoms with van der Waals surface area (Å²) in [7, 11) is 1.63. The number of hydrogen-bond donors (Lipinski definition) is 1. The fraction of sp³-hybridized carbons (Fsp3) is 0.375. The molecule has 0 saturated carbocycles. The summed E-state index contributed by atoms with van der Waals surface area (Å²) in [4.78, 5) is 4.11. The van der Waals surface area contributed by atoms with Crippen LogP contribution in [0.3, 0.4) is 0 Å². The van der Waals surface area contributed by atoms with Crippen molar-refractivity contribution in [3.8, 4) is 11.5 Å². The van der Waals surface area contributed by atoms with Gasteiger partial charge in [0.1, 0.15) is 0 Å². The monoisotopic (exact) mass is 302 g/mol. The van der Waals surface area contributed by atoms with Crippen molar-refractivity contribution in [2.24, 2.45) is 5.10 Å². The SMILES string of the molecule is CCCCOc1c(C=Nn2cc(C)nc2N)cccc1OC. The van der Waals surface area contributed by atoms with Gasteiger partial charge < -0.3 is 15.2 Å². The van der Waals surface area contributed by atoms with E-state index in [1.165, 1.54) is 4.68 Å². The Hall–Kier alpha value is -2.50. The molecule has 1 aromatic carbocycles. The minimum Gasteiger partial charge on any atom is -0.493 e. The van der Waals surface area contributed by atoms with Crippen molar-refractivity contribution in [2.75, 3.05) is 19.5 Å². The van der Waals surface area contributed by atoms with E-state index in [1.54, 1.807) is 19.5 Å². The summed E-state index contributed by atoms with van der Waals surface area (Å²) in [6.07, 6.45) is 5.52. The van der Waals surface area contributed by atoms with Crippen LogP contribution < -0.4 is 15.2 Å². The molecule has 0 unspecified atom stereocenters. The molecule has 2 aromatic rings. The molecule has 2 rings (SSSR count). The van der Waals surface area contributed by atoms with Gasteiger partial charge >= 0.3 is 0 Å². The maximum absolute atomic E-state index is 5.85. The second kappa shape index (κ2) is 7.49. The number of hydrogen-bond acceptors (Lipinski definition) is 5. The van der Waals surface area contributed by atoms with Crippen LogP contribution in [0, 0.1) is 6.92 Å². The molecule has 0 radical (unpaired) electrons. The number of unbranched alkanes of at least 4 members (excludes halogenated alkanes) is 1. The molecule has 0 aliphatic heterocycles. The van der Waals surface area contributed by atoms with E-state index in [-0.39, 0.29) is 0 Å². The number of ether oxygens (including phenoxy) is 2. The molecule has 118 valence electrons. The van der Waals surface area contributed by atoms with E-state index in [1.807, 2.05) is 25.1 Å². The van der Waals surface area contributed by atoms with Gasteiger partial charge in [-0.05, 0) is 25.5 Å². The van der Waals surface area contributed by atoms with Gasteiger partial charge in [0.2, 0.25) is 5.95 Å². The molecule has 1 heterocycles. The lowest BCUT2D eigenvalue weighted by molar-refractivity contribution is 0.288. The first kappa shape index (κ1) is 15.9. The van der Waals surface area contributed by atoms with Crippen molar-refractivity contribution in [1.29, 1.82) is 0 Å². The summed E-state index contributed by atoms with van der Waals surface area (Å²) in [6.45, 7) is 4.63. The molecule has 0 amide bonds. The molecule has 6 heteroatoms. The molecule has 0 bridgehead atoms. The summed E-state index contributed by atoms with van der Waals surface area (Å²) in [5.41, 5.74) is 7.43. The highest BCUT2D eigenvalue weighted by molar-refractivity contribution is 5.85. The molecule has 22 heavy (non-hydrogen) atoms. The minimum atomic E-state index is 0.352. The van der Waals surface area contributed by atoms with Gasteiger partial charge in [0.15, 0.2) is 11.5 Å². The maximum Gasteiger partial charge on any atom is 0.221 e. The average molecular weight is 302 g/mol. The first-order valence-electron chi connectivity index (χ1n) is 7.31. The molecule has 0 saturated heterocycles. The molecule has 0 spiro atoms. The maximum atomic E-state index is 5.85. The van der Waals surface area contributed by atoms with E-state index in [0.717, 1.165) is 24.1 Å². The van der Waals surface area contributed by atoms with Crippen LogP contribution in [-0.2, 0) is 0 Å². The summed E-state index contributed by atoms with van der Waals surface area (Å²) in [6, 6.07) is 5.69. The summed E-state index contributed by atoms with van der Waals surface area (Å²) in [5, 5.41) is 4.33. The van der Waals surface area contributed by atoms with Crippen LogP contribution in [0.1, 0.15) is 31.0 Å². The van der Waals surface area contributed by atoms with E-state index >= 15 is 0 Å². The molecule has 0 atom stereocenters. The molecule has 0 aliphatic rings. The molecule has 1 aromatic heterocycles. The van der Waals surface area contributed by atoms with Gasteiger partial charge in [0.05, 0.1) is 31.8 Å². The Balaban J connectivity index is 2.27. The Labute approximate surface area is 130 Å². The quantitative estimate of drug-likeness (QED) is 0.630. The first-order valence-corrected chi connectivity index (χ1v) is 7.31. The van der Waals surface area contributed by atoms with Crippen molar-refractivity contribution in [3.63, 3.8) is 0 Å². The topological polar surface area (TPSA) is 74.7 Å². The lowest BCUT2D eigenvalue weighted by Gasteiger charge is -2.12. The van der Waals surface area contributed by atoms with Crippen molar-refractivity contribution >= 4 is 12.2 Å². The third kappa shape index (κ3) is 3.78. The second-order valence-corrected chi connectivity index (χ2v) is 4.91. The highest BCUT2D eigenvalue weighted by Crippen LogP contribution is 2.30. The number of nitrogens with zero attached hydrogens (tertiary/aromatic N) is 3. The molecule has 2 N–H and O–H groups in total. The number of rotatable bonds is 7. The Morgan fingerprint density at radius 2 is 2.23 bits per heavy atom. The third-order valence-electron chi connectivity index (χ3n) is 3.13. The van der Waals surface area contributed by atoms with Crippen LogP contribution in [0.2, 0.25) is 0 Å². The first-order chi connectivity index (χ1) is 10.7. The van der Waals surface area contributed by atoms with Crippen LogP contribution in [0.4, 0.5) is 5.95 Å². The van der Waals surface area contributed by atoms with E-state index in [2.05, 4.69) is 17.0 Å². The Kier molecular flexibility index (Phi) is 5.41. The van der Waals surface area contributed by atoms with Crippen molar-refractivity contribution in [3.05, 3.63) is 35.7 Å². The predicted octanol–water partition coefficient (Wildman–Crippen LogP) is 2.84. The van der Waals surface area contributed by atoms with Gasteiger partial charge in [0.25, 0.3) is 0 Å². The van der Waals surface area contributed by atoms with Crippen LogP contribution in [0.15, 0.2) is 29.5 Å². The summed E-state index contributed by atoms with van der Waals surface area (Å²) < 4.78 is 12.7. The number of nitrogen functional groups attached to an aromatic ring is 1. The fourth-order valence-corrected chi connectivity index (χ4v) is 1.99. The van der Waals surface area contributed by atoms with Gasteiger partial charge in [-0.1, -0.05) is 19.4 Å². The number of aryl methyl sites for hydroxylation is 1. The number of para-hydroxylation sites is 1. The van der Waals surface area contributed by atoms with Crippen molar-refractivity contribution in [2.45, 2.75) is 26.7 Å². The Morgan fingerprint density at radius 3 is 2.86 bits per heavy atom. The Bertz CT molecular complexity index is 650. The largest absolute Gasteiger partial charge is 0.493 e. The molecule has 6 nitrogen and oxygen atoms in total. The van der Waals surface area contributed by atoms with Gasteiger partial charge in [-0.15, -0.1) is 0 Å². The molecule has 0 aliphatic carbocycles. The average Bonchev–Trinajstić information content (AvgIpc) is 2.83. The van der Waals surface area contributed by atoms with Gasteiger partial charge in [0, 0.05) is 5.56 Å².